The van der Waals surface area contributed by atoms with Gasteiger partial charge in [0.2, 0.25) is 0 Å². The highest BCUT2D eigenvalue weighted by atomic mass is 14.7. The molecule has 0 aliphatic rings. The summed E-state index contributed by atoms with van der Waals surface area (Å²) in [4.78, 5) is 0. The van der Waals surface area contributed by atoms with E-state index in [9.17, 15) is 0 Å². The lowest BCUT2D eigenvalue weighted by atomic mass is 10.0. The zero-order valence-electron chi connectivity index (χ0n) is 5.78. The molecule has 0 aromatic heterocycles. The maximum atomic E-state index is 5.65. The molecule has 0 radical (unpaired) electrons. The molecule has 0 amide bonds. The van der Waals surface area contributed by atoms with Crippen molar-refractivity contribution >= 4 is 0 Å². The molecule has 0 heterocycles. The Bertz CT molecular complexity index is 114. The Morgan fingerprint density at radius 2 is 2.12 bits per heavy atom. The van der Waals surface area contributed by atoms with Crippen LogP contribution in [0.3, 0.4) is 0 Å². The fourth-order valence-electron chi connectivity index (χ4n) is 0.374. The van der Waals surface area contributed by atoms with Crippen LogP contribution in [0, 0.1) is 11.8 Å². The van der Waals surface area contributed by atoms with Crippen LogP contribution < -0.4 is 5.73 Å². The van der Waals surface area contributed by atoms with Gasteiger partial charge in [-0.25, -0.2) is 0 Å². The van der Waals surface area contributed by atoms with Crippen LogP contribution in [0.2, 0.25) is 0 Å². The third-order valence-corrected chi connectivity index (χ3v) is 1.15. The Hall–Kier alpha value is -0.480. The van der Waals surface area contributed by atoms with E-state index in [4.69, 9.17) is 5.73 Å². The summed E-state index contributed by atoms with van der Waals surface area (Å²) in [7, 11) is 0. The van der Waals surface area contributed by atoms with Crippen LogP contribution in [0.1, 0.15) is 27.2 Å². The van der Waals surface area contributed by atoms with Crippen molar-refractivity contribution < 1.29 is 0 Å². The topological polar surface area (TPSA) is 26.0 Å². The number of hydrogen-bond acceptors (Lipinski definition) is 1. The Balaban J connectivity index is 3.85. The molecule has 0 aromatic rings. The van der Waals surface area contributed by atoms with E-state index in [0.717, 1.165) is 6.42 Å². The van der Waals surface area contributed by atoms with Crippen molar-refractivity contribution in [2.75, 3.05) is 0 Å². The van der Waals surface area contributed by atoms with Gasteiger partial charge in [-0.1, -0.05) is 12.8 Å². The van der Waals surface area contributed by atoms with Gasteiger partial charge in [-0.15, -0.1) is 5.92 Å². The van der Waals surface area contributed by atoms with Gasteiger partial charge in [0.15, 0.2) is 0 Å². The quantitative estimate of drug-likeness (QED) is 0.504. The first-order chi connectivity index (χ1) is 3.62. The molecule has 0 saturated heterocycles. The molecule has 0 fully saturated rings. The van der Waals surface area contributed by atoms with Crippen molar-refractivity contribution in [1.29, 1.82) is 0 Å². The Kier molecular flexibility index (Phi) is 2.57. The van der Waals surface area contributed by atoms with E-state index >= 15 is 0 Å². The fraction of sp³-hybridized carbons (Fsp3) is 0.714. The van der Waals surface area contributed by atoms with Crippen molar-refractivity contribution in [3.63, 3.8) is 0 Å². The minimum Gasteiger partial charge on any atom is -0.315 e. The summed E-state index contributed by atoms with van der Waals surface area (Å²) in [6.45, 7) is 5.77. The van der Waals surface area contributed by atoms with Crippen molar-refractivity contribution in [1.82, 2.24) is 0 Å². The predicted octanol–water partition coefficient (Wildman–Crippen LogP) is 1.14. The van der Waals surface area contributed by atoms with E-state index in [1.165, 1.54) is 0 Å². The van der Waals surface area contributed by atoms with Crippen molar-refractivity contribution in [2.45, 2.75) is 32.7 Å². The normalized spacial score (nSPS) is 16.0. The Morgan fingerprint density at radius 3 is 2.25 bits per heavy atom. The van der Waals surface area contributed by atoms with Crippen molar-refractivity contribution in [3.05, 3.63) is 0 Å². The molecular formula is C7H13N. The maximum absolute atomic E-state index is 5.65. The first-order valence-corrected chi connectivity index (χ1v) is 2.85. The van der Waals surface area contributed by atoms with Crippen molar-refractivity contribution in [2.24, 2.45) is 5.73 Å². The van der Waals surface area contributed by atoms with Gasteiger partial charge in [-0.3, -0.25) is 0 Å². The zero-order chi connectivity index (χ0) is 6.62. The molecule has 0 unspecified atom stereocenters. The molecule has 1 heteroatoms. The molecule has 0 saturated carbocycles. The van der Waals surface area contributed by atoms with Gasteiger partial charge in [0.1, 0.15) is 0 Å². The molecule has 0 bridgehead atoms. The number of hydrogen-bond donors (Lipinski definition) is 1. The minimum atomic E-state index is -0.269. The predicted molar refractivity (Wildman–Crippen MR) is 36.3 cm³/mol. The van der Waals surface area contributed by atoms with Crippen LogP contribution in [0.25, 0.3) is 0 Å². The molecule has 1 nitrogen and oxygen atoms in total. The van der Waals surface area contributed by atoms with Crippen LogP contribution in [-0.2, 0) is 0 Å². The monoisotopic (exact) mass is 111 g/mol. The molecule has 0 aliphatic heterocycles. The van der Waals surface area contributed by atoms with Crippen LogP contribution in [-0.4, -0.2) is 5.54 Å². The SMILES string of the molecule is CC#C[C@@](C)(N)CC. The summed E-state index contributed by atoms with van der Waals surface area (Å²) in [5, 5.41) is 0. The first-order valence-electron chi connectivity index (χ1n) is 2.85. The summed E-state index contributed by atoms with van der Waals surface area (Å²) >= 11 is 0. The summed E-state index contributed by atoms with van der Waals surface area (Å²) in [6, 6.07) is 0. The van der Waals surface area contributed by atoms with Gasteiger partial charge < -0.3 is 5.73 Å². The third kappa shape index (κ3) is 2.65. The standard InChI is InChI=1S/C7H13N/c1-4-6-7(3,8)5-2/h5,8H2,1-3H3/t7-/m0/s1. The molecule has 0 spiro atoms. The number of rotatable bonds is 1. The van der Waals surface area contributed by atoms with Gasteiger partial charge in [-0.2, -0.15) is 0 Å². The van der Waals surface area contributed by atoms with Gasteiger partial charge in [-0.05, 0) is 20.3 Å². The highest BCUT2D eigenvalue weighted by molar-refractivity contribution is 5.12. The lowest BCUT2D eigenvalue weighted by Gasteiger charge is -2.12. The highest BCUT2D eigenvalue weighted by Crippen LogP contribution is 2.00. The summed E-state index contributed by atoms with van der Waals surface area (Å²) < 4.78 is 0. The molecule has 2 N–H and O–H groups in total. The minimum absolute atomic E-state index is 0.269. The molecule has 1 atom stereocenters. The van der Waals surface area contributed by atoms with Gasteiger partial charge in [0.25, 0.3) is 0 Å². The van der Waals surface area contributed by atoms with Gasteiger partial charge >= 0.3 is 0 Å². The summed E-state index contributed by atoms with van der Waals surface area (Å²) in [5.41, 5.74) is 5.38. The van der Waals surface area contributed by atoms with Crippen LogP contribution >= 0.6 is 0 Å². The Morgan fingerprint density at radius 1 is 1.62 bits per heavy atom. The van der Waals surface area contributed by atoms with Crippen LogP contribution in [0.15, 0.2) is 0 Å². The third-order valence-electron chi connectivity index (χ3n) is 1.15. The van der Waals surface area contributed by atoms with E-state index in [2.05, 4.69) is 11.8 Å². The fourth-order valence-corrected chi connectivity index (χ4v) is 0.374. The molecule has 8 heavy (non-hydrogen) atoms. The largest absolute Gasteiger partial charge is 0.315 e. The maximum Gasteiger partial charge on any atom is 0.0744 e. The first kappa shape index (κ1) is 7.52. The molecule has 46 valence electrons. The highest BCUT2D eigenvalue weighted by Gasteiger charge is 2.08. The molecule has 0 aliphatic carbocycles. The van der Waals surface area contributed by atoms with Crippen LogP contribution in [0.4, 0.5) is 0 Å². The van der Waals surface area contributed by atoms with E-state index in [0.29, 0.717) is 0 Å². The van der Waals surface area contributed by atoms with E-state index in [-0.39, 0.29) is 5.54 Å². The van der Waals surface area contributed by atoms with Crippen molar-refractivity contribution in [3.8, 4) is 11.8 Å². The smallest absolute Gasteiger partial charge is 0.0744 e. The lowest BCUT2D eigenvalue weighted by molar-refractivity contribution is 0.586. The number of nitrogens with two attached hydrogens (primary N) is 1. The average molecular weight is 111 g/mol. The van der Waals surface area contributed by atoms with E-state index in [1.54, 1.807) is 6.92 Å². The van der Waals surface area contributed by atoms with E-state index in [1.807, 2.05) is 13.8 Å². The molecular weight excluding hydrogens is 98.1 g/mol. The average Bonchev–Trinajstić information content (AvgIpc) is 1.67. The molecule has 0 aromatic carbocycles. The van der Waals surface area contributed by atoms with Gasteiger partial charge in [0.05, 0.1) is 5.54 Å². The molecule has 0 rings (SSSR count). The lowest BCUT2D eigenvalue weighted by Crippen LogP contribution is -2.32. The van der Waals surface area contributed by atoms with E-state index < -0.39 is 0 Å². The summed E-state index contributed by atoms with van der Waals surface area (Å²) in [5.74, 6) is 5.68. The second kappa shape index (κ2) is 2.74. The second-order valence-corrected chi connectivity index (χ2v) is 2.15. The van der Waals surface area contributed by atoms with Crippen LogP contribution in [0.5, 0.6) is 0 Å². The zero-order valence-corrected chi connectivity index (χ0v) is 5.78. The Labute approximate surface area is 51.3 Å². The second-order valence-electron chi connectivity index (χ2n) is 2.15. The summed E-state index contributed by atoms with van der Waals surface area (Å²) in [6.07, 6.45) is 0.911. The van der Waals surface area contributed by atoms with Gasteiger partial charge in [0, 0.05) is 0 Å².